The molecular formula is C28H32N4O3S. The molecule has 1 amide bonds. The van der Waals surface area contributed by atoms with E-state index >= 15 is 0 Å². The maximum Gasteiger partial charge on any atom is 0.241 e. The number of piperidine rings is 1. The Bertz CT molecular complexity index is 1390. The first-order valence-electron chi connectivity index (χ1n) is 12.8. The number of nitrogens with one attached hydrogen (secondary N) is 1. The standard InChI is InChI=1S/C28H32N4O3S/c29-19-24-11-6-16-31(24)18-15-26(28(33)32-17-14-21-7-1-2-9-23(21)20-32)30-36(34,35)27-13-5-10-22-8-3-4-12-25(22)27/h3-6,8,10-13,16,21,23,26,30H,1-2,7,9,14-15,17-18,20H2. The zero-order valence-corrected chi connectivity index (χ0v) is 21.2. The fourth-order valence-corrected chi connectivity index (χ4v) is 7.37. The lowest BCUT2D eigenvalue weighted by Gasteiger charge is -2.42. The van der Waals surface area contributed by atoms with Gasteiger partial charge in [-0.2, -0.15) is 9.98 Å². The highest BCUT2D eigenvalue weighted by Gasteiger charge is 2.36. The van der Waals surface area contributed by atoms with Crippen molar-refractivity contribution in [2.24, 2.45) is 11.8 Å². The SMILES string of the molecule is N#Cc1cccn1CCC(NS(=O)(=O)c1cccc2ccccc12)C(=O)N1CCC2CCCCC2C1. The molecule has 0 bridgehead atoms. The number of aryl methyl sites for hydroxylation is 1. The van der Waals surface area contributed by atoms with Gasteiger partial charge in [-0.3, -0.25) is 4.79 Å². The minimum atomic E-state index is -3.97. The summed E-state index contributed by atoms with van der Waals surface area (Å²) in [5, 5.41) is 10.8. The van der Waals surface area contributed by atoms with Gasteiger partial charge in [0, 0.05) is 31.2 Å². The molecule has 2 heterocycles. The highest BCUT2D eigenvalue weighted by atomic mass is 32.2. The number of likely N-dealkylation sites (tertiary alicyclic amines) is 1. The van der Waals surface area contributed by atoms with Crippen LogP contribution in [-0.2, 0) is 21.4 Å². The van der Waals surface area contributed by atoms with Crippen LogP contribution in [0.2, 0.25) is 0 Å². The molecule has 188 valence electrons. The van der Waals surface area contributed by atoms with Crippen LogP contribution in [0.25, 0.3) is 10.8 Å². The number of aromatic nitrogens is 1. The molecule has 0 spiro atoms. The zero-order valence-electron chi connectivity index (χ0n) is 20.3. The number of amides is 1. The maximum atomic E-state index is 13.8. The molecule has 5 rings (SSSR count). The van der Waals surface area contributed by atoms with Crippen molar-refractivity contribution in [3.8, 4) is 6.07 Å². The molecule has 2 aliphatic rings. The third-order valence-electron chi connectivity index (χ3n) is 7.84. The van der Waals surface area contributed by atoms with Crippen molar-refractivity contribution in [1.82, 2.24) is 14.2 Å². The van der Waals surface area contributed by atoms with E-state index in [1.807, 2.05) is 29.2 Å². The quantitative estimate of drug-likeness (QED) is 0.519. The Labute approximate surface area is 212 Å². The first-order chi connectivity index (χ1) is 17.5. The second kappa shape index (κ2) is 10.5. The second-order valence-corrected chi connectivity index (χ2v) is 11.7. The monoisotopic (exact) mass is 504 g/mol. The molecule has 2 fully saturated rings. The minimum Gasteiger partial charge on any atom is -0.341 e. The largest absolute Gasteiger partial charge is 0.341 e. The third-order valence-corrected chi connectivity index (χ3v) is 9.37. The molecule has 36 heavy (non-hydrogen) atoms. The highest BCUT2D eigenvalue weighted by molar-refractivity contribution is 7.89. The van der Waals surface area contributed by atoms with Crippen molar-refractivity contribution in [1.29, 1.82) is 5.26 Å². The minimum absolute atomic E-state index is 0.170. The number of fused-ring (bicyclic) bond motifs is 2. The normalized spacial score (nSPS) is 21.0. The van der Waals surface area contributed by atoms with E-state index in [9.17, 15) is 18.5 Å². The van der Waals surface area contributed by atoms with Gasteiger partial charge in [0.2, 0.25) is 15.9 Å². The van der Waals surface area contributed by atoms with Crippen molar-refractivity contribution in [2.75, 3.05) is 13.1 Å². The van der Waals surface area contributed by atoms with Crippen LogP contribution in [0, 0.1) is 23.2 Å². The summed E-state index contributed by atoms with van der Waals surface area (Å²) in [7, 11) is -3.97. The molecule has 1 saturated carbocycles. The van der Waals surface area contributed by atoms with E-state index in [1.54, 1.807) is 41.1 Å². The number of sulfonamides is 1. The van der Waals surface area contributed by atoms with Crippen LogP contribution in [0.4, 0.5) is 0 Å². The van der Waals surface area contributed by atoms with Crippen LogP contribution in [0.3, 0.4) is 0 Å². The summed E-state index contributed by atoms with van der Waals surface area (Å²) in [4.78, 5) is 15.8. The zero-order chi connectivity index (χ0) is 25.1. The summed E-state index contributed by atoms with van der Waals surface area (Å²) < 4.78 is 31.7. The Kier molecular flexibility index (Phi) is 7.13. The molecule has 3 unspecified atom stereocenters. The van der Waals surface area contributed by atoms with Gasteiger partial charge in [0.15, 0.2) is 0 Å². The Morgan fingerprint density at radius 1 is 1.03 bits per heavy atom. The smallest absolute Gasteiger partial charge is 0.241 e. The number of carbonyl (C=O) groups is 1. The molecule has 1 aromatic heterocycles. The predicted octanol–water partition coefficient (Wildman–Crippen LogP) is 4.29. The van der Waals surface area contributed by atoms with Crippen molar-refractivity contribution >= 4 is 26.7 Å². The summed E-state index contributed by atoms with van der Waals surface area (Å²) in [6.45, 7) is 1.73. The lowest BCUT2D eigenvalue weighted by molar-refractivity contribution is -0.136. The van der Waals surface area contributed by atoms with Crippen LogP contribution >= 0.6 is 0 Å². The fraction of sp³-hybridized carbons (Fsp3) is 0.429. The average Bonchev–Trinajstić information content (AvgIpc) is 3.37. The molecule has 1 saturated heterocycles. The van der Waals surface area contributed by atoms with Gasteiger partial charge in [0.1, 0.15) is 17.8 Å². The van der Waals surface area contributed by atoms with Crippen LogP contribution in [0.1, 0.15) is 44.2 Å². The molecule has 8 heteroatoms. The van der Waals surface area contributed by atoms with E-state index in [1.165, 1.54) is 19.3 Å². The van der Waals surface area contributed by atoms with Crippen molar-refractivity contribution in [3.05, 3.63) is 66.5 Å². The Morgan fingerprint density at radius 3 is 2.64 bits per heavy atom. The van der Waals surface area contributed by atoms with Crippen LogP contribution < -0.4 is 4.72 Å². The van der Waals surface area contributed by atoms with Gasteiger partial charge in [-0.15, -0.1) is 0 Å². The molecule has 1 N–H and O–H groups in total. The Balaban J connectivity index is 1.41. The highest BCUT2D eigenvalue weighted by Crippen LogP contribution is 2.36. The number of nitriles is 1. The fourth-order valence-electron chi connectivity index (χ4n) is 5.91. The molecule has 1 aliphatic heterocycles. The summed E-state index contributed by atoms with van der Waals surface area (Å²) in [5.41, 5.74) is 0.487. The van der Waals surface area contributed by atoms with Gasteiger partial charge in [0.25, 0.3) is 0 Å². The Hall–Kier alpha value is -3.15. The molecular weight excluding hydrogens is 472 g/mol. The number of nitrogens with zero attached hydrogens (tertiary/aromatic N) is 3. The second-order valence-electron chi connectivity index (χ2n) is 10.0. The van der Waals surface area contributed by atoms with Gasteiger partial charge in [-0.1, -0.05) is 55.7 Å². The van der Waals surface area contributed by atoms with Crippen LogP contribution in [0.15, 0.2) is 65.7 Å². The number of rotatable bonds is 7. The molecule has 3 atom stereocenters. The summed E-state index contributed by atoms with van der Waals surface area (Å²) in [5.74, 6) is 1.00. The van der Waals surface area contributed by atoms with Crippen molar-refractivity contribution in [2.45, 2.75) is 56.0 Å². The number of hydrogen-bond acceptors (Lipinski definition) is 4. The molecule has 7 nitrogen and oxygen atoms in total. The Morgan fingerprint density at radius 2 is 1.81 bits per heavy atom. The van der Waals surface area contributed by atoms with Gasteiger partial charge in [0.05, 0.1) is 4.90 Å². The lowest BCUT2D eigenvalue weighted by Crippen LogP contribution is -2.53. The molecule has 3 aromatic rings. The first kappa shape index (κ1) is 24.5. The number of hydrogen-bond donors (Lipinski definition) is 1. The average molecular weight is 505 g/mol. The summed E-state index contributed by atoms with van der Waals surface area (Å²) in [6, 6.07) is 17.3. The van der Waals surface area contributed by atoms with E-state index in [0.717, 1.165) is 18.2 Å². The van der Waals surface area contributed by atoms with Crippen LogP contribution in [0.5, 0.6) is 0 Å². The van der Waals surface area contributed by atoms with E-state index in [-0.39, 0.29) is 17.2 Å². The van der Waals surface area contributed by atoms with Crippen molar-refractivity contribution in [3.63, 3.8) is 0 Å². The van der Waals surface area contributed by atoms with Crippen LogP contribution in [-0.4, -0.2) is 42.9 Å². The van der Waals surface area contributed by atoms with Crippen molar-refractivity contribution < 1.29 is 13.2 Å². The predicted molar refractivity (Wildman–Crippen MR) is 138 cm³/mol. The topological polar surface area (TPSA) is 95.2 Å². The summed E-state index contributed by atoms with van der Waals surface area (Å²) in [6.07, 6.45) is 7.86. The lowest BCUT2D eigenvalue weighted by atomic mass is 9.75. The van der Waals surface area contributed by atoms with Gasteiger partial charge in [-0.25, -0.2) is 8.42 Å². The van der Waals surface area contributed by atoms with E-state index in [0.29, 0.717) is 42.6 Å². The molecule has 2 aromatic carbocycles. The van der Waals surface area contributed by atoms with E-state index < -0.39 is 16.1 Å². The van der Waals surface area contributed by atoms with Gasteiger partial charge < -0.3 is 9.47 Å². The molecule has 0 radical (unpaired) electrons. The molecule has 1 aliphatic carbocycles. The first-order valence-corrected chi connectivity index (χ1v) is 14.3. The number of benzene rings is 2. The van der Waals surface area contributed by atoms with Gasteiger partial charge in [-0.05, 0) is 54.7 Å². The third kappa shape index (κ3) is 5.04. The van der Waals surface area contributed by atoms with E-state index in [2.05, 4.69) is 10.8 Å². The van der Waals surface area contributed by atoms with Gasteiger partial charge >= 0.3 is 0 Å². The summed E-state index contributed by atoms with van der Waals surface area (Å²) >= 11 is 0. The maximum absolute atomic E-state index is 13.8. The number of carbonyl (C=O) groups excluding carboxylic acids is 1. The van der Waals surface area contributed by atoms with E-state index in [4.69, 9.17) is 0 Å².